The van der Waals surface area contributed by atoms with E-state index in [0.29, 0.717) is 39.9 Å². The van der Waals surface area contributed by atoms with Crippen LogP contribution in [-0.2, 0) is 16.2 Å². The highest BCUT2D eigenvalue weighted by molar-refractivity contribution is 9.10. The molecule has 0 radical (unpaired) electrons. The number of methoxy groups -OCH3 is 1. The fourth-order valence-corrected chi connectivity index (χ4v) is 4.10. The predicted octanol–water partition coefficient (Wildman–Crippen LogP) is 5.66. The molecule has 4 amide bonds. The lowest BCUT2D eigenvalue weighted by atomic mass is 10.1. The molecule has 1 saturated heterocycles. The van der Waals surface area contributed by atoms with Crippen LogP contribution in [0.15, 0.2) is 70.7 Å². The second kappa shape index (κ2) is 10.3. The van der Waals surface area contributed by atoms with Crippen molar-refractivity contribution in [2.24, 2.45) is 0 Å². The van der Waals surface area contributed by atoms with Gasteiger partial charge in [-0.1, -0.05) is 57.9 Å². The summed E-state index contributed by atoms with van der Waals surface area (Å²) < 4.78 is 12.3. The van der Waals surface area contributed by atoms with Gasteiger partial charge in [0.2, 0.25) is 0 Å². The molecule has 1 fully saturated rings. The largest absolute Gasteiger partial charge is 0.493 e. The molecule has 0 atom stereocenters. The van der Waals surface area contributed by atoms with Gasteiger partial charge in [-0.05, 0) is 54.5 Å². The Morgan fingerprint density at radius 1 is 1.03 bits per heavy atom. The molecule has 3 aromatic rings. The van der Waals surface area contributed by atoms with Crippen LogP contribution in [0, 0.1) is 6.92 Å². The summed E-state index contributed by atoms with van der Waals surface area (Å²) in [6.45, 7) is 2.05. The van der Waals surface area contributed by atoms with E-state index in [0.717, 1.165) is 14.9 Å². The lowest BCUT2D eigenvalue weighted by molar-refractivity contribution is -0.122. The molecule has 0 aliphatic carbocycles. The number of benzene rings is 3. The highest BCUT2D eigenvalue weighted by Gasteiger charge is 2.37. The van der Waals surface area contributed by atoms with Crippen LogP contribution in [0.1, 0.15) is 16.7 Å². The number of nitrogens with one attached hydrogen (secondary N) is 1. The maximum atomic E-state index is 13.2. The zero-order chi connectivity index (χ0) is 25.1. The SMILES string of the molecule is COc1cc(/C=C2\C(=O)NC(=O)N(c3cc(Cl)ccc3C)C2=O)ccc1OCc1ccccc1Br. The molecule has 1 heterocycles. The smallest absolute Gasteiger partial charge is 0.335 e. The van der Waals surface area contributed by atoms with E-state index in [9.17, 15) is 14.4 Å². The van der Waals surface area contributed by atoms with E-state index >= 15 is 0 Å². The minimum absolute atomic E-state index is 0.201. The Labute approximate surface area is 215 Å². The summed E-state index contributed by atoms with van der Waals surface area (Å²) in [5, 5.41) is 2.57. The molecule has 3 aromatic carbocycles. The summed E-state index contributed by atoms with van der Waals surface area (Å²) >= 11 is 9.56. The number of rotatable bonds is 6. The van der Waals surface area contributed by atoms with Crippen molar-refractivity contribution in [3.05, 3.63) is 92.4 Å². The lowest BCUT2D eigenvalue weighted by Crippen LogP contribution is -2.54. The summed E-state index contributed by atoms with van der Waals surface area (Å²) in [7, 11) is 1.50. The van der Waals surface area contributed by atoms with Crippen LogP contribution in [0.4, 0.5) is 10.5 Å². The van der Waals surface area contributed by atoms with Crippen LogP contribution < -0.4 is 19.7 Å². The summed E-state index contributed by atoms with van der Waals surface area (Å²) in [5.74, 6) is -0.619. The highest BCUT2D eigenvalue weighted by atomic mass is 79.9. The van der Waals surface area contributed by atoms with E-state index in [4.69, 9.17) is 21.1 Å². The van der Waals surface area contributed by atoms with Gasteiger partial charge in [0.15, 0.2) is 11.5 Å². The number of imide groups is 2. The normalized spacial score (nSPS) is 14.8. The van der Waals surface area contributed by atoms with Crippen LogP contribution in [0.25, 0.3) is 6.08 Å². The molecule has 0 bridgehead atoms. The monoisotopic (exact) mass is 554 g/mol. The first kappa shape index (κ1) is 24.5. The van der Waals surface area contributed by atoms with E-state index in [2.05, 4.69) is 21.2 Å². The Morgan fingerprint density at radius 2 is 1.80 bits per heavy atom. The van der Waals surface area contributed by atoms with Gasteiger partial charge in [0.25, 0.3) is 11.8 Å². The van der Waals surface area contributed by atoms with Gasteiger partial charge in [-0.2, -0.15) is 0 Å². The second-order valence-electron chi connectivity index (χ2n) is 7.68. The molecule has 1 aliphatic rings. The maximum Gasteiger partial charge on any atom is 0.335 e. The molecule has 7 nitrogen and oxygen atoms in total. The molecule has 1 N–H and O–H groups in total. The maximum absolute atomic E-state index is 13.2. The summed E-state index contributed by atoms with van der Waals surface area (Å²) in [5.41, 5.74) is 2.23. The fraction of sp³-hybridized carbons (Fsp3) is 0.115. The summed E-state index contributed by atoms with van der Waals surface area (Å²) in [6.07, 6.45) is 1.40. The van der Waals surface area contributed by atoms with Crippen LogP contribution >= 0.6 is 27.5 Å². The third kappa shape index (κ3) is 5.23. The molecule has 9 heteroatoms. The third-order valence-corrected chi connectivity index (χ3v) is 6.36. The van der Waals surface area contributed by atoms with E-state index in [1.807, 2.05) is 24.3 Å². The fourth-order valence-electron chi connectivity index (χ4n) is 3.53. The van der Waals surface area contributed by atoms with Crippen molar-refractivity contribution in [3.8, 4) is 11.5 Å². The van der Waals surface area contributed by atoms with E-state index in [1.165, 1.54) is 19.3 Å². The van der Waals surface area contributed by atoms with Gasteiger partial charge in [-0.15, -0.1) is 0 Å². The van der Waals surface area contributed by atoms with Gasteiger partial charge in [0.05, 0.1) is 12.8 Å². The van der Waals surface area contributed by atoms with Gasteiger partial charge in [0.1, 0.15) is 12.2 Å². The zero-order valence-electron chi connectivity index (χ0n) is 18.8. The average molecular weight is 556 g/mol. The van der Waals surface area contributed by atoms with E-state index in [1.54, 1.807) is 37.3 Å². The van der Waals surface area contributed by atoms with E-state index < -0.39 is 17.8 Å². The third-order valence-electron chi connectivity index (χ3n) is 5.35. The van der Waals surface area contributed by atoms with Crippen LogP contribution in [0.3, 0.4) is 0 Å². The number of nitrogens with zero attached hydrogens (tertiary/aromatic N) is 1. The van der Waals surface area contributed by atoms with Gasteiger partial charge < -0.3 is 9.47 Å². The first-order chi connectivity index (χ1) is 16.8. The van der Waals surface area contributed by atoms with E-state index in [-0.39, 0.29) is 5.57 Å². The number of halogens is 2. The number of hydrogen-bond acceptors (Lipinski definition) is 5. The molecule has 0 unspecified atom stereocenters. The Balaban J connectivity index is 1.62. The van der Waals surface area contributed by atoms with Crippen molar-refractivity contribution in [2.75, 3.05) is 12.0 Å². The minimum Gasteiger partial charge on any atom is -0.493 e. The van der Waals surface area contributed by atoms with Crippen molar-refractivity contribution in [1.29, 1.82) is 0 Å². The number of carbonyl (C=O) groups excluding carboxylic acids is 3. The first-order valence-corrected chi connectivity index (χ1v) is 11.7. The second-order valence-corrected chi connectivity index (χ2v) is 8.97. The average Bonchev–Trinajstić information content (AvgIpc) is 2.83. The van der Waals surface area contributed by atoms with Gasteiger partial charge in [-0.3, -0.25) is 14.9 Å². The van der Waals surface area contributed by atoms with Gasteiger partial charge in [0, 0.05) is 15.1 Å². The van der Waals surface area contributed by atoms with Gasteiger partial charge in [-0.25, -0.2) is 9.69 Å². The number of hydrogen-bond donors (Lipinski definition) is 1. The van der Waals surface area contributed by atoms with Crippen molar-refractivity contribution >= 4 is 57.1 Å². The number of ether oxygens (including phenoxy) is 2. The molecule has 0 saturated carbocycles. The van der Waals surface area contributed by atoms with Crippen molar-refractivity contribution in [2.45, 2.75) is 13.5 Å². The zero-order valence-corrected chi connectivity index (χ0v) is 21.1. The molecule has 178 valence electrons. The Bertz CT molecular complexity index is 1370. The number of urea groups is 1. The van der Waals surface area contributed by atoms with Crippen LogP contribution in [-0.4, -0.2) is 25.0 Å². The van der Waals surface area contributed by atoms with Crippen LogP contribution in [0.2, 0.25) is 5.02 Å². The topological polar surface area (TPSA) is 84.9 Å². The van der Waals surface area contributed by atoms with Crippen molar-refractivity contribution in [1.82, 2.24) is 5.32 Å². The Kier molecular flexibility index (Phi) is 7.23. The van der Waals surface area contributed by atoms with Crippen molar-refractivity contribution in [3.63, 3.8) is 0 Å². The molecule has 0 aromatic heterocycles. The van der Waals surface area contributed by atoms with Gasteiger partial charge >= 0.3 is 6.03 Å². The molecular formula is C26H20BrClN2O5. The quantitative estimate of drug-likeness (QED) is 0.313. The first-order valence-electron chi connectivity index (χ1n) is 10.5. The Hall–Kier alpha value is -3.62. The number of carbonyl (C=O) groups is 3. The molecule has 35 heavy (non-hydrogen) atoms. The standard InChI is InChI=1S/C26H20BrClN2O5/c1-15-7-9-18(28)13-21(15)30-25(32)19(24(31)29-26(30)33)11-16-8-10-22(23(12-16)34-2)35-14-17-5-3-4-6-20(17)27/h3-13H,14H2,1-2H3,(H,29,31,33)/b19-11+. The molecular weight excluding hydrogens is 536 g/mol. The Morgan fingerprint density at radius 3 is 2.54 bits per heavy atom. The number of barbiturate groups is 1. The molecule has 4 rings (SSSR count). The van der Waals surface area contributed by atoms with Crippen molar-refractivity contribution < 1.29 is 23.9 Å². The predicted molar refractivity (Wildman–Crippen MR) is 137 cm³/mol. The summed E-state index contributed by atoms with van der Waals surface area (Å²) in [6, 6.07) is 16.7. The molecule has 1 aliphatic heterocycles. The minimum atomic E-state index is -0.837. The number of anilines is 1. The lowest BCUT2D eigenvalue weighted by Gasteiger charge is -2.27. The van der Waals surface area contributed by atoms with Crippen LogP contribution in [0.5, 0.6) is 11.5 Å². The molecule has 0 spiro atoms. The number of amides is 4. The number of aryl methyl sites for hydroxylation is 1. The highest BCUT2D eigenvalue weighted by Crippen LogP contribution is 2.32. The summed E-state index contributed by atoms with van der Waals surface area (Å²) in [4.78, 5) is 39.1.